The van der Waals surface area contributed by atoms with Crippen LogP contribution in [0, 0.1) is 0 Å². The van der Waals surface area contributed by atoms with E-state index in [9.17, 15) is 4.79 Å². The number of thioether (sulfide) groups is 1. The van der Waals surface area contributed by atoms with Crippen LogP contribution in [0.2, 0.25) is 5.02 Å². The number of fused-ring (bicyclic) bond motifs is 1. The van der Waals surface area contributed by atoms with Crippen LogP contribution in [0.4, 0.5) is 0 Å². The topological polar surface area (TPSA) is 53.7 Å². The summed E-state index contributed by atoms with van der Waals surface area (Å²) < 4.78 is 2.92. The summed E-state index contributed by atoms with van der Waals surface area (Å²) in [6.07, 6.45) is 3.78. The van der Waals surface area contributed by atoms with E-state index in [1.807, 2.05) is 47.3 Å². The summed E-state index contributed by atoms with van der Waals surface area (Å²) in [5.74, 6) is -0.160. The summed E-state index contributed by atoms with van der Waals surface area (Å²) in [5.41, 5.74) is 3.11. The fourth-order valence-electron chi connectivity index (χ4n) is 3.81. The molecule has 0 aliphatic carbocycles. The zero-order chi connectivity index (χ0) is 22.2. The highest BCUT2D eigenvalue weighted by atomic mass is 79.9. The Morgan fingerprint density at radius 1 is 1.16 bits per heavy atom. The maximum atomic E-state index is 12.5. The Bertz CT molecular complexity index is 1260. The van der Waals surface area contributed by atoms with Gasteiger partial charge in [-0.3, -0.25) is 9.48 Å². The summed E-state index contributed by atoms with van der Waals surface area (Å²) in [7, 11) is 2.12. The normalized spacial score (nSPS) is 18.7. The largest absolute Gasteiger partial charge is 0.348 e. The molecule has 2 aromatic carbocycles. The van der Waals surface area contributed by atoms with E-state index in [-0.39, 0.29) is 5.91 Å². The standard InChI is InChI=1S/C23H21BrClN5OS/c1-28-6-8-29(9-7-28)23-27-22(31)21(32-23)11-15-2-5-20-17(10-15)13-26-30(20)14-16-3-4-18(25)12-19(16)24/h2-5,10-13H,6-9,14H2,1H3/b21-11-. The van der Waals surface area contributed by atoms with Crippen molar-refractivity contribution in [1.82, 2.24) is 19.6 Å². The molecule has 0 bridgehead atoms. The summed E-state index contributed by atoms with van der Waals surface area (Å²) in [5, 5.41) is 7.10. The van der Waals surface area contributed by atoms with Crippen LogP contribution >= 0.6 is 39.3 Å². The highest BCUT2D eigenvalue weighted by Crippen LogP contribution is 2.31. The molecule has 0 N–H and O–H groups in total. The Hall–Kier alpha value is -2.13. The van der Waals surface area contributed by atoms with E-state index in [4.69, 9.17) is 11.6 Å². The Kier molecular flexibility index (Phi) is 6.11. The van der Waals surface area contributed by atoms with Gasteiger partial charge in [-0.05, 0) is 60.3 Å². The number of aromatic nitrogens is 2. The average Bonchev–Trinajstić information content (AvgIpc) is 3.34. The first-order chi connectivity index (χ1) is 15.5. The molecule has 5 rings (SSSR count). The molecule has 0 spiro atoms. The third kappa shape index (κ3) is 4.50. The number of carbonyl (C=O) groups is 1. The van der Waals surface area contributed by atoms with Crippen LogP contribution in [0.15, 0.2) is 57.0 Å². The quantitative estimate of drug-likeness (QED) is 0.459. The fraction of sp³-hybridized carbons (Fsp3) is 0.261. The van der Waals surface area contributed by atoms with Crippen molar-refractivity contribution in [2.75, 3.05) is 33.2 Å². The molecule has 1 aromatic heterocycles. The second-order valence-electron chi connectivity index (χ2n) is 7.96. The molecule has 2 aliphatic rings. The number of piperazine rings is 1. The van der Waals surface area contributed by atoms with Gasteiger partial charge in [0.2, 0.25) is 0 Å². The number of amidine groups is 1. The van der Waals surface area contributed by atoms with Crippen LogP contribution in [0.25, 0.3) is 17.0 Å². The first-order valence-electron chi connectivity index (χ1n) is 10.3. The predicted molar refractivity (Wildman–Crippen MR) is 135 cm³/mol. The van der Waals surface area contributed by atoms with E-state index in [0.29, 0.717) is 16.5 Å². The predicted octanol–water partition coefficient (Wildman–Crippen LogP) is 4.72. The van der Waals surface area contributed by atoms with Crippen molar-refractivity contribution >= 4 is 67.3 Å². The van der Waals surface area contributed by atoms with Gasteiger partial charge in [-0.25, -0.2) is 0 Å². The van der Waals surface area contributed by atoms with Gasteiger partial charge in [0.15, 0.2) is 5.17 Å². The molecule has 2 aliphatic heterocycles. The van der Waals surface area contributed by atoms with Crippen molar-refractivity contribution in [2.45, 2.75) is 6.54 Å². The number of halogens is 2. The summed E-state index contributed by atoms with van der Waals surface area (Å²) in [6, 6.07) is 11.9. The zero-order valence-electron chi connectivity index (χ0n) is 17.5. The molecule has 3 heterocycles. The van der Waals surface area contributed by atoms with Gasteiger partial charge in [0.1, 0.15) is 0 Å². The molecular weight excluding hydrogens is 510 g/mol. The molecule has 1 saturated heterocycles. The molecule has 6 nitrogen and oxygen atoms in total. The molecule has 9 heteroatoms. The van der Waals surface area contributed by atoms with Crippen LogP contribution in [-0.4, -0.2) is 63.9 Å². The third-order valence-electron chi connectivity index (χ3n) is 5.68. The second-order valence-corrected chi connectivity index (χ2v) is 10.3. The van der Waals surface area contributed by atoms with Crippen molar-refractivity contribution in [3.63, 3.8) is 0 Å². The smallest absolute Gasteiger partial charge is 0.286 e. The van der Waals surface area contributed by atoms with E-state index >= 15 is 0 Å². The average molecular weight is 531 g/mol. The Morgan fingerprint density at radius 2 is 1.97 bits per heavy atom. The highest BCUT2D eigenvalue weighted by molar-refractivity contribution is 9.10. The molecule has 0 atom stereocenters. The number of aliphatic imine (C=N–C) groups is 1. The monoisotopic (exact) mass is 529 g/mol. The van der Waals surface area contributed by atoms with Gasteiger partial charge < -0.3 is 9.80 Å². The van der Waals surface area contributed by atoms with Gasteiger partial charge in [-0.1, -0.05) is 39.7 Å². The number of likely N-dealkylation sites (N-methyl/N-ethyl adjacent to an activating group) is 1. The Labute approximate surface area is 204 Å². The minimum Gasteiger partial charge on any atom is -0.348 e. The Morgan fingerprint density at radius 3 is 2.75 bits per heavy atom. The van der Waals surface area contributed by atoms with E-state index in [2.05, 4.69) is 48.9 Å². The van der Waals surface area contributed by atoms with Crippen LogP contribution in [0.3, 0.4) is 0 Å². The lowest BCUT2D eigenvalue weighted by Gasteiger charge is -2.32. The number of hydrogen-bond donors (Lipinski definition) is 0. The molecule has 0 unspecified atom stereocenters. The summed E-state index contributed by atoms with van der Waals surface area (Å²) >= 11 is 11.1. The van der Waals surface area contributed by atoms with Crippen LogP contribution < -0.4 is 0 Å². The van der Waals surface area contributed by atoms with Crippen molar-refractivity contribution < 1.29 is 4.79 Å². The van der Waals surface area contributed by atoms with E-state index in [1.54, 1.807) is 0 Å². The zero-order valence-corrected chi connectivity index (χ0v) is 20.6. The lowest BCUT2D eigenvalue weighted by Crippen LogP contribution is -2.46. The van der Waals surface area contributed by atoms with Crippen LogP contribution in [0.1, 0.15) is 11.1 Å². The van der Waals surface area contributed by atoms with E-state index in [0.717, 1.165) is 57.8 Å². The molecule has 164 valence electrons. The molecule has 0 radical (unpaired) electrons. The van der Waals surface area contributed by atoms with Gasteiger partial charge in [0, 0.05) is 41.1 Å². The lowest BCUT2D eigenvalue weighted by atomic mass is 10.1. The molecule has 32 heavy (non-hydrogen) atoms. The van der Waals surface area contributed by atoms with Gasteiger partial charge >= 0.3 is 0 Å². The number of amides is 1. The first-order valence-corrected chi connectivity index (χ1v) is 12.3. The first kappa shape index (κ1) is 21.7. The number of carbonyl (C=O) groups excluding carboxylic acids is 1. The van der Waals surface area contributed by atoms with Crippen LogP contribution in [0.5, 0.6) is 0 Å². The number of benzene rings is 2. The van der Waals surface area contributed by atoms with Gasteiger partial charge in [0.05, 0.1) is 23.2 Å². The SMILES string of the molecule is CN1CCN(C2=NC(=O)/C(=C/c3ccc4c(cnn4Cc4ccc(Cl)cc4Br)c3)S2)CC1. The number of hydrogen-bond acceptors (Lipinski definition) is 5. The molecule has 3 aromatic rings. The minimum absolute atomic E-state index is 0.160. The number of nitrogens with zero attached hydrogens (tertiary/aromatic N) is 5. The van der Waals surface area contributed by atoms with E-state index in [1.165, 1.54) is 11.8 Å². The second kappa shape index (κ2) is 9.02. The maximum absolute atomic E-state index is 12.5. The van der Waals surface area contributed by atoms with Gasteiger partial charge in [0.25, 0.3) is 5.91 Å². The van der Waals surface area contributed by atoms with Crippen molar-refractivity contribution in [1.29, 1.82) is 0 Å². The van der Waals surface area contributed by atoms with E-state index < -0.39 is 0 Å². The summed E-state index contributed by atoms with van der Waals surface area (Å²) in [4.78, 5) is 21.9. The number of rotatable bonds is 3. The third-order valence-corrected chi connectivity index (χ3v) is 7.70. The van der Waals surface area contributed by atoms with Crippen molar-refractivity contribution in [3.05, 3.63) is 68.1 Å². The molecule has 0 saturated carbocycles. The highest BCUT2D eigenvalue weighted by Gasteiger charge is 2.27. The maximum Gasteiger partial charge on any atom is 0.286 e. The van der Waals surface area contributed by atoms with Gasteiger partial charge in [-0.2, -0.15) is 10.1 Å². The molecule has 1 amide bonds. The minimum atomic E-state index is -0.160. The van der Waals surface area contributed by atoms with Gasteiger partial charge in [-0.15, -0.1) is 0 Å². The Balaban J connectivity index is 1.34. The fourth-order valence-corrected chi connectivity index (χ4v) is 5.59. The molecular formula is C23H21BrClN5OS. The van der Waals surface area contributed by atoms with Crippen molar-refractivity contribution in [3.8, 4) is 0 Å². The molecule has 1 fully saturated rings. The lowest BCUT2D eigenvalue weighted by molar-refractivity contribution is -0.113. The summed E-state index contributed by atoms with van der Waals surface area (Å²) in [6.45, 7) is 4.41. The van der Waals surface area contributed by atoms with Crippen LogP contribution in [-0.2, 0) is 11.3 Å². The van der Waals surface area contributed by atoms with Crippen molar-refractivity contribution in [2.24, 2.45) is 4.99 Å².